The van der Waals surface area contributed by atoms with E-state index in [0.717, 1.165) is 22.5 Å². The number of halogens is 1. The van der Waals surface area contributed by atoms with Gasteiger partial charge >= 0.3 is 179 Å². The molecule has 0 spiro atoms. The summed E-state index contributed by atoms with van der Waals surface area (Å²) < 4.78 is 26.6. The van der Waals surface area contributed by atoms with Crippen LogP contribution in [-0.2, 0) is 9.31 Å². The summed E-state index contributed by atoms with van der Waals surface area (Å²) in [4.78, 5) is 0. The van der Waals surface area contributed by atoms with Crippen molar-refractivity contribution >= 4 is 18.7 Å². The van der Waals surface area contributed by atoms with Gasteiger partial charge in [0.2, 0.25) is 0 Å². The van der Waals surface area contributed by atoms with Gasteiger partial charge in [0.1, 0.15) is 0 Å². The van der Waals surface area contributed by atoms with Crippen molar-refractivity contribution < 1.29 is 40.0 Å². The Bertz CT molecular complexity index is 830. The number of ether oxygens (including phenoxy) is 2. The summed E-state index contributed by atoms with van der Waals surface area (Å²) in [5, 5.41) is 0. The Balaban J connectivity index is 1.77. The molecule has 1 saturated heterocycles. The Hall–Kier alpha value is -1.51. The molecule has 1 aliphatic heterocycles. The Morgan fingerprint density at radius 1 is 0.857 bits per heavy atom. The summed E-state index contributed by atoms with van der Waals surface area (Å²) in [7, 11) is 2.99. The minimum absolute atomic E-state index is 0.318. The molecule has 28 heavy (non-hydrogen) atoms. The van der Waals surface area contributed by atoms with Crippen molar-refractivity contribution in [2.45, 2.75) is 38.9 Å². The molecule has 150 valence electrons. The predicted octanol–water partition coefficient (Wildman–Crippen LogP) is 0.933. The molecule has 0 atom stereocenters. The third-order valence-electron chi connectivity index (χ3n) is 5.21. The molecule has 1 fully saturated rings. The van der Waals surface area contributed by atoms with Gasteiger partial charge in [0, 0.05) is 0 Å². The van der Waals surface area contributed by atoms with Gasteiger partial charge in [0.25, 0.3) is 0 Å². The van der Waals surface area contributed by atoms with Crippen molar-refractivity contribution in [3.05, 3.63) is 55.7 Å². The van der Waals surface area contributed by atoms with Gasteiger partial charge in [-0.3, -0.25) is 0 Å². The third kappa shape index (κ3) is 4.72. The van der Waals surface area contributed by atoms with Crippen molar-refractivity contribution in [3.63, 3.8) is 0 Å². The molecule has 0 saturated carbocycles. The van der Waals surface area contributed by atoms with E-state index in [9.17, 15) is 0 Å². The fraction of sp³-hybridized carbons (Fsp3) is 0.364. The topological polar surface area (TPSA) is 36.9 Å². The molecular weight excluding hydrogens is 466 g/mol. The molecule has 0 radical (unpaired) electrons. The maximum absolute atomic E-state index is 6.20. The van der Waals surface area contributed by atoms with Gasteiger partial charge < -0.3 is 0 Å². The predicted molar refractivity (Wildman–Crippen MR) is 109 cm³/mol. The number of hydrogen-bond acceptors (Lipinski definition) is 4. The van der Waals surface area contributed by atoms with E-state index in [4.69, 9.17) is 18.8 Å². The molecule has 4 nitrogen and oxygen atoms in total. The maximum atomic E-state index is 6.20. The summed E-state index contributed by atoms with van der Waals surface area (Å²) in [5.74, 6) is 1.70. The van der Waals surface area contributed by atoms with Crippen LogP contribution in [0, 0.1) is 3.57 Å². The average molecular weight is 493 g/mol. The molecule has 1 heterocycles. The molecule has 2 aromatic carbocycles. The van der Waals surface area contributed by atoms with Crippen molar-refractivity contribution in [2.75, 3.05) is 14.2 Å². The van der Waals surface area contributed by atoms with Gasteiger partial charge in [-0.05, 0) is 0 Å². The summed E-state index contributed by atoms with van der Waals surface area (Å²) in [5.41, 5.74) is 1.45. The zero-order valence-corrected chi connectivity index (χ0v) is 19.4. The van der Waals surface area contributed by atoms with Gasteiger partial charge in [0.05, 0.1) is 0 Å². The van der Waals surface area contributed by atoms with Crippen LogP contribution >= 0.6 is 0 Å². The van der Waals surface area contributed by atoms with Gasteiger partial charge in [-0.15, -0.1) is 0 Å². The quantitative estimate of drug-likeness (QED) is 0.444. The fourth-order valence-electron chi connectivity index (χ4n) is 2.77. The second-order valence-corrected chi connectivity index (χ2v) is 10.3. The third-order valence-corrected chi connectivity index (χ3v) is 7.28. The Labute approximate surface area is 178 Å². The standard InChI is InChI=1S/C22H27BIO4/c1-21(2)22(3,4)28-23(27-21)17-13-18(15-20(14-17)26-6)24-12-11-16-7-9-19(25-5)10-8-16/h7-15H,1-6H3/q-1/b12-11+. The Morgan fingerprint density at radius 3 is 2.04 bits per heavy atom. The normalized spacial score (nSPS) is 18.0. The summed E-state index contributed by atoms with van der Waals surface area (Å²) in [6.07, 6.45) is 2.15. The molecule has 0 bridgehead atoms. The Kier molecular flexibility index (Phi) is 6.42. The van der Waals surface area contributed by atoms with E-state index in [1.807, 2.05) is 18.2 Å². The molecule has 1 aliphatic rings. The molecule has 3 rings (SSSR count). The average Bonchev–Trinajstić information content (AvgIpc) is 2.89. The minimum atomic E-state index is -0.381. The summed E-state index contributed by atoms with van der Waals surface area (Å²) >= 11 is -0.318. The van der Waals surface area contributed by atoms with E-state index in [2.05, 4.69) is 62.1 Å². The van der Waals surface area contributed by atoms with Gasteiger partial charge in [-0.25, -0.2) is 0 Å². The van der Waals surface area contributed by atoms with Crippen LogP contribution in [0.2, 0.25) is 0 Å². The molecule has 0 unspecified atom stereocenters. The van der Waals surface area contributed by atoms with E-state index in [0.29, 0.717) is 0 Å². The monoisotopic (exact) mass is 493 g/mol. The van der Waals surface area contributed by atoms with Gasteiger partial charge in [0.15, 0.2) is 0 Å². The fourth-order valence-corrected chi connectivity index (χ4v) is 4.81. The second-order valence-electron chi connectivity index (χ2n) is 7.69. The van der Waals surface area contributed by atoms with Crippen molar-refractivity contribution in [3.8, 4) is 11.5 Å². The number of methoxy groups -OCH3 is 2. The first-order chi connectivity index (χ1) is 13.2. The Morgan fingerprint density at radius 2 is 1.46 bits per heavy atom. The van der Waals surface area contributed by atoms with E-state index in [-0.39, 0.29) is 39.5 Å². The molecule has 0 aliphatic carbocycles. The van der Waals surface area contributed by atoms with Crippen molar-refractivity contribution in [1.29, 1.82) is 0 Å². The van der Waals surface area contributed by atoms with Crippen LogP contribution in [0.25, 0.3) is 6.08 Å². The molecule has 2 aromatic rings. The van der Waals surface area contributed by atoms with E-state index >= 15 is 0 Å². The number of hydrogen-bond donors (Lipinski definition) is 0. The molecule has 0 aromatic heterocycles. The number of rotatable bonds is 6. The van der Waals surface area contributed by atoms with Crippen LogP contribution in [0.3, 0.4) is 0 Å². The van der Waals surface area contributed by atoms with Crippen LogP contribution in [0.15, 0.2) is 46.5 Å². The van der Waals surface area contributed by atoms with Gasteiger partial charge in [-0.2, -0.15) is 0 Å². The number of benzene rings is 2. The van der Waals surface area contributed by atoms with Crippen LogP contribution in [0.1, 0.15) is 33.3 Å². The van der Waals surface area contributed by atoms with Gasteiger partial charge in [-0.1, -0.05) is 0 Å². The molecule has 0 amide bonds. The van der Waals surface area contributed by atoms with E-state index < -0.39 is 0 Å². The SMILES string of the molecule is COc1ccc(/C=C/[I-]c2cc(OC)cc(B3OC(C)(C)C(C)(C)O3)c2)cc1. The first kappa shape index (κ1) is 21.2. The first-order valence-electron chi connectivity index (χ1n) is 9.23. The van der Waals surface area contributed by atoms with E-state index in [1.54, 1.807) is 14.2 Å². The summed E-state index contributed by atoms with van der Waals surface area (Å²) in [6.45, 7) is 8.27. The van der Waals surface area contributed by atoms with Crippen LogP contribution < -0.4 is 36.1 Å². The van der Waals surface area contributed by atoms with Crippen molar-refractivity contribution in [1.82, 2.24) is 0 Å². The van der Waals surface area contributed by atoms with Crippen molar-refractivity contribution in [2.24, 2.45) is 0 Å². The van der Waals surface area contributed by atoms with Crippen LogP contribution in [0.5, 0.6) is 11.5 Å². The summed E-state index contributed by atoms with van der Waals surface area (Å²) in [6, 6.07) is 14.3. The zero-order valence-electron chi connectivity index (χ0n) is 17.3. The first-order valence-corrected chi connectivity index (χ1v) is 11.6. The molecular formula is C22H27BIO4-. The van der Waals surface area contributed by atoms with E-state index in [1.165, 1.54) is 3.57 Å². The van der Waals surface area contributed by atoms with Crippen LogP contribution in [0.4, 0.5) is 0 Å². The second kappa shape index (κ2) is 8.47. The molecule has 6 heteroatoms. The zero-order chi connectivity index (χ0) is 20.4. The van der Waals surface area contributed by atoms with Crippen LogP contribution in [-0.4, -0.2) is 32.5 Å². The molecule has 0 N–H and O–H groups in total.